The molecule has 6 heteroatoms. The number of sulfone groups is 1. The summed E-state index contributed by atoms with van der Waals surface area (Å²) in [5.74, 6) is -0.226. The molecule has 4 nitrogen and oxygen atoms in total. The minimum Gasteiger partial charge on any atom is -0.325 e. The molecule has 1 amide bonds. The first-order valence-electron chi connectivity index (χ1n) is 5.33. The monoisotopic (exact) mass is 333 g/mol. The maximum absolute atomic E-state index is 11.8. The van der Waals surface area contributed by atoms with Gasteiger partial charge < -0.3 is 5.32 Å². The fourth-order valence-electron chi connectivity index (χ4n) is 1.24. The Bertz CT molecular complexity index is 573. The topological polar surface area (TPSA) is 63.2 Å². The van der Waals surface area contributed by atoms with Gasteiger partial charge in [0.1, 0.15) is 0 Å². The van der Waals surface area contributed by atoms with Crippen LogP contribution in [-0.2, 0) is 14.6 Å². The Labute approximate surface area is 116 Å². The molecule has 0 radical (unpaired) electrons. The number of rotatable bonds is 3. The smallest absolute Gasteiger partial charge is 0.240 e. The fraction of sp³-hybridized carbons (Fsp3) is 0.417. The van der Waals surface area contributed by atoms with Gasteiger partial charge in [-0.05, 0) is 38.5 Å². The predicted octanol–water partition coefficient (Wildman–Crippen LogP) is 2.51. The van der Waals surface area contributed by atoms with Crippen LogP contribution in [0.5, 0.6) is 0 Å². The quantitative estimate of drug-likeness (QED) is 0.864. The van der Waals surface area contributed by atoms with Gasteiger partial charge in [0.25, 0.3) is 0 Å². The first-order chi connectivity index (χ1) is 8.01. The highest BCUT2D eigenvalue weighted by atomic mass is 79.9. The number of amides is 1. The highest BCUT2D eigenvalue weighted by Crippen LogP contribution is 2.23. The SMILES string of the molecule is Cc1ccc(S(C)(=O)=O)cc1NC(=O)C(C)(C)Br. The van der Waals surface area contributed by atoms with Crippen LogP contribution in [0.2, 0.25) is 0 Å². The van der Waals surface area contributed by atoms with Crippen molar-refractivity contribution in [3.05, 3.63) is 23.8 Å². The Morgan fingerprint density at radius 2 is 1.89 bits per heavy atom. The van der Waals surface area contributed by atoms with Crippen molar-refractivity contribution in [1.82, 2.24) is 0 Å². The predicted molar refractivity (Wildman–Crippen MR) is 75.9 cm³/mol. The Morgan fingerprint density at radius 1 is 1.33 bits per heavy atom. The summed E-state index contributed by atoms with van der Waals surface area (Å²) in [5, 5.41) is 2.71. The van der Waals surface area contributed by atoms with Crippen molar-refractivity contribution >= 4 is 37.4 Å². The van der Waals surface area contributed by atoms with Gasteiger partial charge in [0, 0.05) is 11.9 Å². The van der Waals surface area contributed by atoms with Crippen LogP contribution in [0.1, 0.15) is 19.4 Å². The molecule has 1 aromatic rings. The molecular formula is C12H16BrNO3S. The summed E-state index contributed by atoms with van der Waals surface area (Å²) in [6.45, 7) is 5.25. The second-order valence-electron chi connectivity index (χ2n) is 4.68. The zero-order chi connectivity index (χ0) is 14.1. The van der Waals surface area contributed by atoms with Crippen LogP contribution < -0.4 is 5.32 Å². The zero-order valence-electron chi connectivity index (χ0n) is 10.7. The summed E-state index contributed by atoms with van der Waals surface area (Å²) >= 11 is 3.25. The molecule has 18 heavy (non-hydrogen) atoms. The summed E-state index contributed by atoms with van der Waals surface area (Å²) < 4.78 is 22.2. The van der Waals surface area contributed by atoms with Gasteiger partial charge in [-0.1, -0.05) is 22.0 Å². The average Bonchev–Trinajstić information content (AvgIpc) is 2.18. The van der Waals surface area contributed by atoms with E-state index in [1.807, 2.05) is 6.92 Å². The van der Waals surface area contributed by atoms with E-state index in [0.717, 1.165) is 11.8 Å². The lowest BCUT2D eigenvalue weighted by Gasteiger charge is -2.17. The third-order valence-electron chi connectivity index (χ3n) is 2.43. The first-order valence-corrected chi connectivity index (χ1v) is 8.01. The molecule has 0 aliphatic heterocycles. The molecule has 0 saturated carbocycles. The molecule has 100 valence electrons. The van der Waals surface area contributed by atoms with Gasteiger partial charge in [0.05, 0.1) is 9.22 Å². The fourth-order valence-corrected chi connectivity index (χ4v) is 1.98. The third kappa shape index (κ3) is 3.81. The van der Waals surface area contributed by atoms with Gasteiger partial charge >= 0.3 is 0 Å². The lowest BCUT2D eigenvalue weighted by atomic mass is 10.1. The van der Waals surface area contributed by atoms with E-state index in [9.17, 15) is 13.2 Å². The zero-order valence-corrected chi connectivity index (χ0v) is 13.1. The molecule has 0 spiro atoms. The number of carbonyl (C=O) groups is 1. The van der Waals surface area contributed by atoms with Gasteiger partial charge in [-0.3, -0.25) is 4.79 Å². The minimum atomic E-state index is -3.28. The van der Waals surface area contributed by atoms with Crippen LogP contribution in [0.4, 0.5) is 5.69 Å². The molecule has 0 unspecified atom stereocenters. The molecule has 1 aromatic carbocycles. The van der Waals surface area contributed by atoms with E-state index in [1.165, 1.54) is 12.1 Å². The van der Waals surface area contributed by atoms with Crippen molar-refractivity contribution in [3.63, 3.8) is 0 Å². The number of nitrogens with one attached hydrogen (secondary N) is 1. The average molecular weight is 334 g/mol. The van der Waals surface area contributed by atoms with Crippen molar-refractivity contribution < 1.29 is 13.2 Å². The van der Waals surface area contributed by atoms with Gasteiger partial charge in [-0.25, -0.2) is 8.42 Å². The lowest BCUT2D eigenvalue weighted by Crippen LogP contribution is -2.31. The van der Waals surface area contributed by atoms with Crippen LogP contribution in [0.25, 0.3) is 0 Å². The van der Waals surface area contributed by atoms with Gasteiger partial charge in [0.15, 0.2) is 9.84 Å². The largest absolute Gasteiger partial charge is 0.325 e. The first kappa shape index (κ1) is 15.2. The number of aryl methyl sites for hydroxylation is 1. The molecule has 0 saturated heterocycles. The van der Waals surface area contributed by atoms with E-state index >= 15 is 0 Å². The second kappa shape index (κ2) is 5.01. The van der Waals surface area contributed by atoms with Crippen LogP contribution in [-0.4, -0.2) is 24.9 Å². The van der Waals surface area contributed by atoms with Crippen molar-refractivity contribution in [2.75, 3.05) is 11.6 Å². The number of halogens is 1. The lowest BCUT2D eigenvalue weighted by molar-refractivity contribution is -0.117. The van der Waals surface area contributed by atoms with E-state index in [0.29, 0.717) is 5.69 Å². The summed E-state index contributed by atoms with van der Waals surface area (Å²) in [5.41, 5.74) is 1.32. The summed E-state index contributed by atoms with van der Waals surface area (Å²) in [7, 11) is -3.28. The van der Waals surface area contributed by atoms with Crippen molar-refractivity contribution in [2.24, 2.45) is 0 Å². The summed E-state index contributed by atoms with van der Waals surface area (Å²) in [6.07, 6.45) is 1.14. The van der Waals surface area contributed by atoms with Crippen LogP contribution in [0.3, 0.4) is 0 Å². The number of carbonyl (C=O) groups excluding carboxylic acids is 1. The van der Waals surface area contributed by atoms with Gasteiger partial charge in [0.2, 0.25) is 5.91 Å². The molecule has 1 rings (SSSR count). The van der Waals surface area contributed by atoms with Crippen molar-refractivity contribution in [3.8, 4) is 0 Å². The van der Waals surface area contributed by atoms with E-state index in [2.05, 4.69) is 21.2 Å². The van der Waals surface area contributed by atoms with Crippen LogP contribution >= 0.6 is 15.9 Å². The van der Waals surface area contributed by atoms with E-state index in [4.69, 9.17) is 0 Å². The van der Waals surface area contributed by atoms with Crippen LogP contribution in [0.15, 0.2) is 23.1 Å². The Morgan fingerprint density at radius 3 is 2.33 bits per heavy atom. The van der Waals surface area contributed by atoms with Crippen molar-refractivity contribution in [2.45, 2.75) is 30.0 Å². The number of alkyl halides is 1. The molecule has 1 N–H and O–H groups in total. The summed E-state index contributed by atoms with van der Waals surface area (Å²) in [6, 6.07) is 4.67. The van der Waals surface area contributed by atoms with Gasteiger partial charge in [-0.15, -0.1) is 0 Å². The standard InChI is InChI=1S/C12H16BrNO3S/c1-8-5-6-9(18(4,16)17)7-10(8)14-11(15)12(2,3)13/h5-7H,1-4H3,(H,14,15). The van der Waals surface area contributed by atoms with Crippen molar-refractivity contribution in [1.29, 1.82) is 0 Å². The molecule has 0 aliphatic carbocycles. The maximum Gasteiger partial charge on any atom is 0.240 e. The number of hydrogen-bond acceptors (Lipinski definition) is 3. The normalized spacial score (nSPS) is 12.3. The molecule has 0 atom stereocenters. The Balaban J connectivity index is 3.14. The van der Waals surface area contributed by atoms with E-state index in [1.54, 1.807) is 19.9 Å². The maximum atomic E-state index is 11.8. The number of anilines is 1. The molecule has 0 aliphatic rings. The highest BCUT2D eigenvalue weighted by Gasteiger charge is 2.24. The third-order valence-corrected chi connectivity index (χ3v) is 3.90. The van der Waals surface area contributed by atoms with Crippen LogP contribution in [0, 0.1) is 6.92 Å². The van der Waals surface area contributed by atoms with E-state index < -0.39 is 14.2 Å². The Kier molecular flexibility index (Phi) is 4.23. The van der Waals surface area contributed by atoms with E-state index in [-0.39, 0.29) is 10.8 Å². The molecular weight excluding hydrogens is 318 g/mol. The Hall–Kier alpha value is -0.880. The molecule has 0 aromatic heterocycles. The highest BCUT2D eigenvalue weighted by molar-refractivity contribution is 9.10. The second-order valence-corrected chi connectivity index (χ2v) is 8.67. The number of hydrogen-bond donors (Lipinski definition) is 1. The minimum absolute atomic E-state index is 0.191. The molecule has 0 fully saturated rings. The number of benzene rings is 1. The molecule has 0 bridgehead atoms. The van der Waals surface area contributed by atoms with Gasteiger partial charge in [-0.2, -0.15) is 0 Å². The molecule has 0 heterocycles. The summed E-state index contributed by atoms with van der Waals surface area (Å²) in [4.78, 5) is 12.0.